The zero-order valence-corrected chi connectivity index (χ0v) is 9.52. The van der Waals surface area contributed by atoms with Crippen molar-refractivity contribution in [2.45, 2.75) is 12.3 Å². The number of hydrogen-bond donors (Lipinski definition) is 0. The third-order valence-corrected chi connectivity index (χ3v) is 2.45. The van der Waals surface area contributed by atoms with E-state index in [1.54, 1.807) is 13.0 Å². The molecule has 0 amide bonds. The third kappa shape index (κ3) is 2.12. The predicted molar refractivity (Wildman–Crippen MR) is 55.1 cm³/mol. The lowest BCUT2D eigenvalue weighted by Gasteiger charge is -2.06. The first kappa shape index (κ1) is 11.2. The van der Waals surface area contributed by atoms with Crippen molar-refractivity contribution in [1.29, 1.82) is 0 Å². The van der Waals surface area contributed by atoms with E-state index in [4.69, 9.17) is 0 Å². The molecule has 76 valence electrons. The lowest BCUT2D eigenvalue weighted by atomic mass is 10.1. The molecule has 1 aromatic rings. The van der Waals surface area contributed by atoms with Crippen LogP contribution < -0.4 is 0 Å². The Balaban J connectivity index is 3.29. The van der Waals surface area contributed by atoms with Gasteiger partial charge in [0, 0.05) is 5.33 Å². The fourth-order valence-electron chi connectivity index (χ4n) is 1.20. The molecule has 0 saturated heterocycles. The molecular weight excluding hydrogens is 251 g/mol. The van der Waals surface area contributed by atoms with Crippen molar-refractivity contribution in [2.24, 2.45) is 0 Å². The van der Waals surface area contributed by atoms with Crippen molar-refractivity contribution < 1.29 is 13.9 Å². The van der Waals surface area contributed by atoms with Crippen LogP contribution in [0.1, 0.15) is 21.5 Å². The second-order valence-electron chi connectivity index (χ2n) is 2.91. The van der Waals surface area contributed by atoms with E-state index < -0.39 is 11.8 Å². The fraction of sp³-hybridized carbons (Fsp3) is 0.300. The van der Waals surface area contributed by atoms with Gasteiger partial charge in [0.1, 0.15) is 5.82 Å². The summed E-state index contributed by atoms with van der Waals surface area (Å²) in [5.41, 5.74) is 1.29. The van der Waals surface area contributed by atoms with Crippen molar-refractivity contribution >= 4 is 21.9 Å². The van der Waals surface area contributed by atoms with E-state index in [1.807, 2.05) is 0 Å². The zero-order chi connectivity index (χ0) is 10.7. The Morgan fingerprint density at radius 1 is 1.57 bits per heavy atom. The van der Waals surface area contributed by atoms with E-state index in [0.717, 1.165) is 5.56 Å². The minimum absolute atomic E-state index is 0.0121. The maximum absolute atomic E-state index is 13.6. The molecule has 0 atom stereocenters. The molecule has 1 rings (SSSR count). The first-order valence-corrected chi connectivity index (χ1v) is 5.15. The number of esters is 1. The molecule has 0 aliphatic carbocycles. The summed E-state index contributed by atoms with van der Waals surface area (Å²) in [7, 11) is 1.23. The summed E-state index contributed by atoms with van der Waals surface area (Å²) in [5.74, 6) is -1.16. The molecule has 0 radical (unpaired) electrons. The largest absolute Gasteiger partial charge is 0.465 e. The molecule has 0 aliphatic rings. The quantitative estimate of drug-likeness (QED) is 0.604. The topological polar surface area (TPSA) is 26.3 Å². The number of rotatable bonds is 2. The second-order valence-corrected chi connectivity index (χ2v) is 3.47. The van der Waals surface area contributed by atoms with Crippen molar-refractivity contribution in [3.8, 4) is 0 Å². The summed E-state index contributed by atoms with van der Waals surface area (Å²) in [6.45, 7) is 1.80. The highest BCUT2D eigenvalue weighted by molar-refractivity contribution is 9.08. The number of aryl methyl sites for hydroxylation is 1. The molecule has 0 saturated carbocycles. The number of carbonyl (C=O) groups excluding carboxylic acids is 1. The van der Waals surface area contributed by atoms with Gasteiger partial charge in [0.25, 0.3) is 0 Å². The summed E-state index contributed by atoms with van der Waals surface area (Å²) < 4.78 is 18.0. The summed E-state index contributed by atoms with van der Waals surface area (Å²) in [6, 6.07) is 3.17. The van der Waals surface area contributed by atoms with Gasteiger partial charge >= 0.3 is 5.97 Å². The minimum atomic E-state index is -0.645. The van der Waals surface area contributed by atoms with Gasteiger partial charge in [-0.05, 0) is 24.1 Å². The molecule has 0 aliphatic heterocycles. The number of halogens is 2. The maximum Gasteiger partial charge on any atom is 0.340 e. The van der Waals surface area contributed by atoms with Crippen LogP contribution >= 0.6 is 15.9 Å². The van der Waals surface area contributed by atoms with E-state index >= 15 is 0 Å². The van der Waals surface area contributed by atoms with E-state index in [1.165, 1.54) is 13.2 Å². The van der Waals surface area contributed by atoms with Crippen LogP contribution in [0.5, 0.6) is 0 Å². The van der Waals surface area contributed by atoms with Crippen LogP contribution in [-0.4, -0.2) is 13.1 Å². The van der Waals surface area contributed by atoms with Crippen LogP contribution in [0.4, 0.5) is 4.39 Å². The predicted octanol–water partition coefficient (Wildman–Crippen LogP) is 2.82. The molecule has 0 bridgehead atoms. The first-order valence-electron chi connectivity index (χ1n) is 4.03. The Morgan fingerprint density at radius 2 is 2.21 bits per heavy atom. The molecule has 0 unspecified atom stereocenters. The summed E-state index contributed by atoms with van der Waals surface area (Å²) in [4.78, 5) is 11.2. The summed E-state index contributed by atoms with van der Waals surface area (Å²) >= 11 is 3.16. The van der Waals surface area contributed by atoms with E-state index in [9.17, 15) is 9.18 Å². The van der Waals surface area contributed by atoms with Gasteiger partial charge in [-0.1, -0.05) is 22.0 Å². The molecule has 14 heavy (non-hydrogen) atoms. The summed E-state index contributed by atoms with van der Waals surface area (Å²) in [6.07, 6.45) is 0. The van der Waals surface area contributed by atoms with Crippen molar-refractivity contribution in [3.63, 3.8) is 0 Å². The van der Waals surface area contributed by atoms with E-state index in [-0.39, 0.29) is 5.56 Å². The van der Waals surface area contributed by atoms with Gasteiger partial charge in [-0.2, -0.15) is 0 Å². The Bertz CT molecular complexity index is 363. The van der Waals surface area contributed by atoms with Crippen molar-refractivity contribution in [3.05, 3.63) is 34.6 Å². The van der Waals surface area contributed by atoms with Gasteiger partial charge in [-0.3, -0.25) is 0 Å². The summed E-state index contributed by atoms with van der Waals surface area (Å²) in [5, 5.41) is 0.379. The number of alkyl halides is 1. The SMILES string of the molecule is COC(=O)c1cc(C)cc(CBr)c1F. The molecule has 0 heterocycles. The van der Waals surface area contributed by atoms with Gasteiger partial charge in [-0.25, -0.2) is 9.18 Å². The molecule has 0 aromatic heterocycles. The van der Waals surface area contributed by atoms with Crippen LogP contribution in [0.15, 0.2) is 12.1 Å². The normalized spacial score (nSPS) is 10.0. The molecule has 2 nitrogen and oxygen atoms in total. The van der Waals surface area contributed by atoms with Crippen LogP contribution in [0.25, 0.3) is 0 Å². The molecule has 0 fully saturated rings. The number of benzene rings is 1. The van der Waals surface area contributed by atoms with Crippen molar-refractivity contribution in [1.82, 2.24) is 0 Å². The number of ether oxygens (including phenoxy) is 1. The molecule has 0 spiro atoms. The average molecular weight is 261 g/mol. The number of methoxy groups -OCH3 is 1. The van der Waals surface area contributed by atoms with Crippen molar-refractivity contribution in [2.75, 3.05) is 7.11 Å². The van der Waals surface area contributed by atoms with Gasteiger partial charge in [0.2, 0.25) is 0 Å². The highest BCUT2D eigenvalue weighted by Crippen LogP contribution is 2.19. The van der Waals surface area contributed by atoms with Crippen LogP contribution in [0.2, 0.25) is 0 Å². The average Bonchev–Trinajstić information content (AvgIpc) is 2.19. The van der Waals surface area contributed by atoms with Gasteiger partial charge < -0.3 is 4.74 Å². The van der Waals surface area contributed by atoms with Gasteiger partial charge in [0.05, 0.1) is 12.7 Å². The lowest BCUT2D eigenvalue weighted by molar-refractivity contribution is 0.0595. The maximum atomic E-state index is 13.6. The Kier molecular flexibility index (Phi) is 3.63. The Labute approximate surface area is 90.2 Å². The molecular formula is C10H10BrFO2. The zero-order valence-electron chi connectivity index (χ0n) is 7.93. The van der Waals surface area contributed by atoms with Gasteiger partial charge in [0.15, 0.2) is 0 Å². The highest BCUT2D eigenvalue weighted by atomic mass is 79.9. The standard InChI is InChI=1S/C10H10BrFO2/c1-6-3-7(5-11)9(12)8(4-6)10(13)14-2/h3-4H,5H2,1-2H3. The van der Waals surface area contributed by atoms with Gasteiger partial charge in [-0.15, -0.1) is 0 Å². The third-order valence-electron chi connectivity index (χ3n) is 1.84. The lowest BCUT2D eigenvalue weighted by Crippen LogP contribution is -2.06. The Morgan fingerprint density at radius 3 is 2.71 bits per heavy atom. The molecule has 0 N–H and O–H groups in total. The first-order chi connectivity index (χ1) is 6.60. The fourth-order valence-corrected chi connectivity index (χ4v) is 1.61. The van der Waals surface area contributed by atoms with E-state index in [2.05, 4.69) is 20.7 Å². The Hall–Kier alpha value is -0.900. The number of carbonyl (C=O) groups is 1. The molecule has 1 aromatic carbocycles. The second kappa shape index (κ2) is 4.55. The van der Waals surface area contributed by atoms with Crippen LogP contribution in [0.3, 0.4) is 0 Å². The highest BCUT2D eigenvalue weighted by Gasteiger charge is 2.15. The molecule has 4 heteroatoms. The number of hydrogen-bond acceptors (Lipinski definition) is 2. The monoisotopic (exact) mass is 260 g/mol. The van der Waals surface area contributed by atoms with Crippen LogP contribution in [-0.2, 0) is 10.1 Å². The van der Waals surface area contributed by atoms with Crippen LogP contribution in [0, 0.1) is 12.7 Å². The smallest absolute Gasteiger partial charge is 0.340 e. The minimum Gasteiger partial charge on any atom is -0.465 e. The van der Waals surface area contributed by atoms with E-state index in [0.29, 0.717) is 10.9 Å².